The van der Waals surface area contributed by atoms with Crippen molar-refractivity contribution in [1.82, 2.24) is 5.32 Å². The molecule has 0 saturated heterocycles. The molecule has 2 rings (SSSR count). The fraction of sp³-hybridized carbons (Fsp3) is 0.381. The summed E-state index contributed by atoms with van der Waals surface area (Å²) in [7, 11) is 0. The average Bonchev–Trinajstić information content (AvgIpc) is 2.59. The van der Waals surface area contributed by atoms with Crippen LogP contribution in [0.4, 0.5) is 0 Å². The van der Waals surface area contributed by atoms with Crippen LogP contribution in [0.2, 0.25) is 0 Å². The first-order chi connectivity index (χ1) is 11.6. The van der Waals surface area contributed by atoms with E-state index >= 15 is 0 Å². The maximum absolute atomic E-state index is 12.4. The molecule has 0 spiro atoms. The zero-order valence-corrected chi connectivity index (χ0v) is 14.5. The first-order valence-electron chi connectivity index (χ1n) is 8.61. The Morgan fingerprint density at radius 3 is 1.92 bits per heavy atom. The van der Waals surface area contributed by atoms with Gasteiger partial charge in [0.1, 0.15) is 0 Å². The predicted octanol–water partition coefficient (Wildman–Crippen LogP) is 3.73. The summed E-state index contributed by atoms with van der Waals surface area (Å²) in [5.41, 5.74) is 2.30. The van der Waals surface area contributed by atoms with E-state index in [2.05, 4.69) is 29.6 Å². The van der Waals surface area contributed by atoms with Gasteiger partial charge in [0.05, 0.1) is 6.10 Å². The Balaban J connectivity index is 2.02. The molecule has 24 heavy (non-hydrogen) atoms. The van der Waals surface area contributed by atoms with E-state index in [9.17, 15) is 9.90 Å². The molecule has 0 heterocycles. The number of amides is 1. The monoisotopic (exact) mass is 325 g/mol. The Bertz CT molecular complexity index is 571. The second-order valence-corrected chi connectivity index (χ2v) is 6.57. The van der Waals surface area contributed by atoms with Crippen molar-refractivity contribution in [3.63, 3.8) is 0 Å². The van der Waals surface area contributed by atoms with Gasteiger partial charge in [0, 0.05) is 18.9 Å². The van der Waals surface area contributed by atoms with Crippen LogP contribution in [0.25, 0.3) is 0 Å². The number of hydrogen-bond acceptors (Lipinski definition) is 2. The molecule has 0 saturated carbocycles. The fourth-order valence-electron chi connectivity index (χ4n) is 3.01. The molecule has 2 aromatic carbocycles. The number of benzene rings is 2. The molecule has 2 atom stereocenters. The first-order valence-corrected chi connectivity index (χ1v) is 8.61. The molecule has 0 aliphatic heterocycles. The zero-order valence-electron chi connectivity index (χ0n) is 14.5. The molecule has 128 valence electrons. The van der Waals surface area contributed by atoms with Gasteiger partial charge in [-0.25, -0.2) is 0 Å². The molecular weight excluding hydrogens is 298 g/mol. The van der Waals surface area contributed by atoms with E-state index in [1.54, 1.807) is 6.92 Å². The second-order valence-electron chi connectivity index (χ2n) is 6.57. The third-order valence-electron chi connectivity index (χ3n) is 4.18. The van der Waals surface area contributed by atoms with Gasteiger partial charge in [0.15, 0.2) is 0 Å². The van der Waals surface area contributed by atoms with Gasteiger partial charge in [-0.05, 0) is 30.4 Å². The van der Waals surface area contributed by atoms with Crippen LogP contribution in [0.15, 0.2) is 60.7 Å². The van der Waals surface area contributed by atoms with Crippen molar-refractivity contribution >= 4 is 5.91 Å². The van der Waals surface area contributed by atoms with Crippen molar-refractivity contribution in [2.45, 2.75) is 38.7 Å². The maximum atomic E-state index is 12.4. The SMILES string of the molecule is CC(O)CC(C)CNC(=O)CC(c1ccccc1)c1ccccc1. The van der Waals surface area contributed by atoms with E-state index in [-0.39, 0.29) is 23.8 Å². The normalized spacial score (nSPS) is 13.5. The summed E-state index contributed by atoms with van der Waals surface area (Å²) in [4.78, 5) is 12.4. The van der Waals surface area contributed by atoms with E-state index in [1.807, 2.05) is 43.3 Å². The molecular formula is C21H27NO2. The smallest absolute Gasteiger partial charge is 0.220 e. The van der Waals surface area contributed by atoms with Crippen LogP contribution in [0.5, 0.6) is 0 Å². The molecule has 1 amide bonds. The number of nitrogens with one attached hydrogen (secondary N) is 1. The topological polar surface area (TPSA) is 49.3 Å². The molecule has 0 bridgehead atoms. The minimum Gasteiger partial charge on any atom is -0.393 e. The molecule has 2 N–H and O–H groups in total. The highest BCUT2D eigenvalue weighted by Gasteiger charge is 2.18. The van der Waals surface area contributed by atoms with Crippen LogP contribution in [-0.2, 0) is 4.79 Å². The van der Waals surface area contributed by atoms with Crippen molar-refractivity contribution in [2.24, 2.45) is 5.92 Å². The molecule has 3 nitrogen and oxygen atoms in total. The Kier molecular flexibility index (Phi) is 7.01. The van der Waals surface area contributed by atoms with Crippen LogP contribution >= 0.6 is 0 Å². The first kappa shape index (κ1) is 18.2. The molecule has 0 aromatic heterocycles. The molecule has 2 aromatic rings. The highest BCUT2D eigenvalue weighted by atomic mass is 16.3. The summed E-state index contributed by atoms with van der Waals surface area (Å²) in [6.07, 6.45) is 0.787. The molecule has 0 fully saturated rings. The van der Waals surface area contributed by atoms with Gasteiger partial charge in [-0.2, -0.15) is 0 Å². The number of hydrogen-bond donors (Lipinski definition) is 2. The fourth-order valence-corrected chi connectivity index (χ4v) is 3.01. The standard InChI is InChI=1S/C21H27NO2/c1-16(13-17(2)23)15-22-21(24)14-20(18-9-5-3-6-10-18)19-11-7-4-8-12-19/h3-12,16-17,20,23H,13-15H2,1-2H3,(H,22,24). The molecule has 0 aliphatic carbocycles. The lowest BCUT2D eigenvalue weighted by molar-refractivity contribution is -0.121. The number of rotatable bonds is 8. The summed E-state index contributed by atoms with van der Waals surface area (Å²) in [5, 5.41) is 12.4. The Labute approximate surface area is 144 Å². The largest absolute Gasteiger partial charge is 0.393 e. The Hall–Kier alpha value is -2.13. The van der Waals surface area contributed by atoms with Crippen molar-refractivity contribution in [2.75, 3.05) is 6.54 Å². The highest BCUT2D eigenvalue weighted by Crippen LogP contribution is 2.27. The predicted molar refractivity (Wildman–Crippen MR) is 97.8 cm³/mol. The number of carbonyl (C=O) groups is 1. The third kappa shape index (κ3) is 5.82. The lowest BCUT2D eigenvalue weighted by Crippen LogP contribution is -2.30. The highest BCUT2D eigenvalue weighted by molar-refractivity contribution is 5.77. The van der Waals surface area contributed by atoms with Crippen LogP contribution < -0.4 is 5.32 Å². The zero-order chi connectivity index (χ0) is 17.4. The molecule has 0 radical (unpaired) electrons. The van der Waals surface area contributed by atoms with Crippen LogP contribution in [0.3, 0.4) is 0 Å². The van der Waals surface area contributed by atoms with E-state index in [4.69, 9.17) is 0 Å². The number of aliphatic hydroxyl groups is 1. The van der Waals surface area contributed by atoms with Crippen molar-refractivity contribution in [1.29, 1.82) is 0 Å². The summed E-state index contributed by atoms with van der Waals surface area (Å²) >= 11 is 0. The van der Waals surface area contributed by atoms with Crippen molar-refractivity contribution in [3.8, 4) is 0 Å². The third-order valence-corrected chi connectivity index (χ3v) is 4.18. The maximum Gasteiger partial charge on any atom is 0.220 e. The second kappa shape index (κ2) is 9.24. The molecule has 2 unspecified atom stereocenters. The molecule has 3 heteroatoms. The quantitative estimate of drug-likeness (QED) is 0.777. The summed E-state index contributed by atoms with van der Waals surface area (Å²) in [5.74, 6) is 0.366. The summed E-state index contributed by atoms with van der Waals surface area (Å²) < 4.78 is 0. The van der Waals surface area contributed by atoms with Gasteiger partial charge in [-0.15, -0.1) is 0 Å². The summed E-state index contributed by atoms with van der Waals surface area (Å²) in [6, 6.07) is 20.3. The van der Waals surface area contributed by atoms with Gasteiger partial charge in [0.2, 0.25) is 5.91 Å². The Morgan fingerprint density at radius 1 is 0.958 bits per heavy atom. The van der Waals surface area contributed by atoms with E-state index < -0.39 is 0 Å². The lowest BCUT2D eigenvalue weighted by Gasteiger charge is -2.19. The van der Waals surface area contributed by atoms with Crippen LogP contribution in [-0.4, -0.2) is 23.7 Å². The lowest BCUT2D eigenvalue weighted by atomic mass is 9.88. The van der Waals surface area contributed by atoms with E-state index in [0.29, 0.717) is 19.4 Å². The average molecular weight is 325 g/mol. The van der Waals surface area contributed by atoms with Gasteiger partial charge in [-0.1, -0.05) is 67.6 Å². The Morgan fingerprint density at radius 2 is 1.46 bits per heavy atom. The van der Waals surface area contributed by atoms with Crippen molar-refractivity contribution < 1.29 is 9.90 Å². The van der Waals surface area contributed by atoms with Gasteiger partial charge < -0.3 is 10.4 Å². The number of carbonyl (C=O) groups excluding carboxylic acids is 1. The van der Waals surface area contributed by atoms with Gasteiger partial charge in [-0.3, -0.25) is 4.79 Å². The van der Waals surface area contributed by atoms with Gasteiger partial charge >= 0.3 is 0 Å². The van der Waals surface area contributed by atoms with Crippen LogP contribution in [0.1, 0.15) is 43.7 Å². The van der Waals surface area contributed by atoms with Crippen LogP contribution in [0, 0.1) is 5.92 Å². The number of aliphatic hydroxyl groups excluding tert-OH is 1. The summed E-state index contributed by atoms with van der Waals surface area (Å²) in [6.45, 7) is 4.41. The van der Waals surface area contributed by atoms with E-state index in [0.717, 1.165) is 11.1 Å². The van der Waals surface area contributed by atoms with Gasteiger partial charge in [0.25, 0.3) is 0 Å². The molecule has 0 aliphatic rings. The van der Waals surface area contributed by atoms with E-state index in [1.165, 1.54) is 0 Å². The van der Waals surface area contributed by atoms with Crippen molar-refractivity contribution in [3.05, 3.63) is 71.8 Å². The minimum absolute atomic E-state index is 0.0464. The minimum atomic E-state index is -0.335.